The van der Waals surface area contributed by atoms with Gasteiger partial charge in [-0.1, -0.05) is 18.2 Å². The predicted molar refractivity (Wildman–Crippen MR) is 96.8 cm³/mol. The largest absolute Gasteiger partial charge is 0.493 e. The van der Waals surface area contributed by atoms with E-state index in [1.807, 2.05) is 30.3 Å². The van der Waals surface area contributed by atoms with Gasteiger partial charge in [-0.05, 0) is 24.3 Å². The summed E-state index contributed by atoms with van der Waals surface area (Å²) in [6.45, 7) is 1.78. The molecule has 2 aromatic carbocycles. The van der Waals surface area contributed by atoms with Gasteiger partial charge in [0.15, 0.2) is 22.9 Å². The fourth-order valence-corrected chi connectivity index (χ4v) is 2.69. The van der Waals surface area contributed by atoms with E-state index in [-0.39, 0.29) is 11.6 Å². The molecule has 0 aliphatic rings. The first kappa shape index (κ1) is 15.9. The van der Waals surface area contributed by atoms with Crippen molar-refractivity contribution < 1.29 is 13.9 Å². The van der Waals surface area contributed by atoms with Gasteiger partial charge in [0.2, 0.25) is 0 Å². The molecule has 4 rings (SSSR count). The quantitative estimate of drug-likeness (QED) is 0.609. The van der Waals surface area contributed by atoms with Gasteiger partial charge in [0, 0.05) is 18.7 Å². The van der Waals surface area contributed by atoms with Gasteiger partial charge in [0.1, 0.15) is 5.52 Å². The molecule has 1 amide bonds. The number of benzene rings is 2. The van der Waals surface area contributed by atoms with E-state index in [9.17, 15) is 4.79 Å². The molecule has 0 atom stereocenters. The Labute approximate surface area is 149 Å². The number of fused-ring (bicyclic) bond motifs is 1. The second-order valence-electron chi connectivity index (χ2n) is 5.70. The Morgan fingerprint density at radius 3 is 2.77 bits per heavy atom. The van der Waals surface area contributed by atoms with Crippen LogP contribution in [0.3, 0.4) is 0 Å². The number of anilines is 1. The van der Waals surface area contributed by atoms with Gasteiger partial charge < -0.3 is 14.5 Å². The van der Waals surface area contributed by atoms with Crippen molar-refractivity contribution >= 4 is 22.7 Å². The Bertz CT molecular complexity index is 1080. The van der Waals surface area contributed by atoms with Crippen molar-refractivity contribution in [3.8, 4) is 11.4 Å². The van der Waals surface area contributed by atoms with Crippen molar-refractivity contribution in [2.24, 2.45) is 0 Å². The number of hydrogen-bond acceptors (Lipinski definition) is 5. The van der Waals surface area contributed by atoms with Gasteiger partial charge in [-0.2, -0.15) is 5.10 Å². The maximum Gasteiger partial charge on any atom is 0.280 e. The summed E-state index contributed by atoms with van der Waals surface area (Å²) in [6.07, 6.45) is 1.67. The van der Waals surface area contributed by atoms with E-state index < -0.39 is 0 Å². The topological polar surface area (TPSA) is 82.2 Å². The van der Waals surface area contributed by atoms with Crippen LogP contribution in [0, 0.1) is 6.92 Å². The maximum absolute atomic E-state index is 12.7. The molecule has 0 fully saturated rings. The van der Waals surface area contributed by atoms with E-state index in [0.29, 0.717) is 22.9 Å². The number of rotatable bonds is 4. The van der Waals surface area contributed by atoms with Crippen LogP contribution in [0.25, 0.3) is 16.8 Å². The molecule has 0 saturated carbocycles. The van der Waals surface area contributed by atoms with E-state index in [4.69, 9.17) is 9.15 Å². The number of carbonyl (C=O) groups is 1. The third kappa shape index (κ3) is 2.90. The standard InChI is InChI=1S/C19H16N4O3/c1-12-20-15-9-8-13(10-16(15)26-12)21-19(24)18-17(25-2)11-23(22-18)14-6-4-3-5-7-14/h3-11H,1-2H3,(H,21,24). The number of para-hydroxylation sites is 1. The highest BCUT2D eigenvalue weighted by atomic mass is 16.5. The molecule has 0 bridgehead atoms. The third-order valence-corrected chi connectivity index (χ3v) is 3.89. The molecule has 7 nitrogen and oxygen atoms in total. The molecule has 0 aliphatic heterocycles. The molecule has 0 saturated heterocycles. The number of aryl methyl sites for hydroxylation is 1. The summed E-state index contributed by atoms with van der Waals surface area (Å²) in [7, 11) is 1.51. The van der Waals surface area contributed by atoms with Crippen molar-refractivity contribution in [2.75, 3.05) is 12.4 Å². The van der Waals surface area contributed by atoms with Crippen LogP contribution in [0.2, 0.25) is 0 Å². The van der Waals surface area contributed by atoms with Gasteiger partial charge in [-0.3, -0.25) is 4.79 Å². The average molecular weight is 348 g/mol. The van der Waals surface area contributed by atoms with Crippen LogP contribution >= 0.6 is 0 Å². The predicted octanol–water partition coefficient (Wildman–Crippen LogP) is 3.58. The molecular formula is C19H16N4O3. The first-order chi connectivity index (χ1) is 12.6. The summed E-state index contributed by atoms with van der Waals surface area (Å²) in [5.74, 6) is 0.599. The molecule has 2 heterocycles. The number of nitrogens with zero attached hydrogens (tertiary/aromatic N) is 3. The molecule has 0 radical (unpaired) electrons. The first-order valence-corrected chi connectivity index (χ1v) is 8.01. The summed E-state index contributed by atoms with van der Waals surface area (Å²) in [4.78, 5) is 16.9. The Kier molecular flexibility index (Phi) is 3.89. The fraction of sp³-hybridized carbons (Fsp3) is 0.105. The van der Waals surface area contributed by atoms with Gasteiger partial charge in [0.25, 0.3) is 5.91 Å². The maximum atomic E-state index is 12.7. The molecule has 0 spiro atoms. The molecule has 26 heavy (non-hydrogen) atoms. The van der Waals surface area contributed by atoms with Gasteiger partial charge >= 0.3 is 0 Å². The number of oxazole rings is 1. The van der Waals surface area contributed by atoms with Crippen molar-refractivity contribution in [1.82, 2.24) is 14.8 Å². The lowest BCUT2D eigenvalue weighted by atomic mass is 10.2. The summed E-state index contributed by atoms with van der Waals surface area (Å²) >= 11 is 0. The zero-order chi connectivity index (χ0) is 18.1. The number of carbonyl (C=O) groups excluding carboxylic acids is 1. The van der Waals surface area contributed by atoms with Crippen LogP contribution in [0.1, 0.15) is 16.4 Å². The highest BCUT2D eigenvalue weighted by Gasteiger charge is 2.19. The lowest BCUT2D eigenvalue weighted by Crippen LogP contribution is -2.14. The molecule has 1 N–H and O–H groups in total. The summed E-state index contributed by atoms with van der Waals surface area (Å²) in [6, 6.07) is 14.8. The van der Waals surface area contributed by atoms with E-state index in [2.05, 4.69) is 15.4 Å². The Hall–Kier alpha value is -3.61. The van der Waals surface area contributed by atoms with Gasteiger partial charge in [0.05, 0.1) is 19.0 Å². The summed E-state index contributed by atoms with van der Waals surface area (Å²) in [5.41, 5.74) is 2.98. The summed E-state index contributed by atoms with van der Waals surface area (Å²) < 4.78 is 12.4. The number of aromatic nitrogens is 3. The van der Waals surface area contributed by atoms with Crippen molar-refractivity contribution in [2.45, 2.75) is 6.92 Å². The minimum absolute atomic E-state index is 0.199. The number of amides is 1. The Balaban J connectivity index is 1.63. The zero-order valence-corrected chi connectivity index (χ0v) is 14.3. The minimum atomic E-state index is -0.368. The second kappa shape index (κ2) is 6.36. The minimum Gasteiger partial charge on any atom is -0.493 e. The smallest absolute Gasteiger partial charge is 0.280 e. The van der Waals surface area contributed by atoms with Crippen LogP contribution in [0.5, 0.6) is 5.75 Å². The lowest BCUT2D eigenvalue weighted by molar-refractivity contribution is 0.101. The summed E-state index contributed by atoms with van der Waals surface area (Å²) in [5, 5.41) is 7.17. The monoisotopic (exact) mass is 348 g/mol. The second-order valence-corrected chi connectivity index (χ2v) is 5.70. The molecule has 0 unspecified atom stereocenters. The zero-order valence-electron chi connectivity index (χ0n) is 14.3. The molecular weight excluding hydrogens is 332 g/mol. The highest BCUT2D eigenvalue weighted by molar-refractivity contribution is 6.05. The Morgan fingerprint density at radius 1 is 1.19 bits per heavy atom. The Morgan fingerprint density at radius 2 is 2.00 bits per heavy atom. The molecule has 7 heteroatoms. The van der Waals surface area contributed by atoms with Crippen LogP contribution in [-0.4, -0.2) is 27.8 Å². The average Bonchev–Trinajstić information content (AvgIpc) is 3.24. The number of hydrogen-bond donors (Lipinski definition) is 1. The van der Waals surface area contributed by atoms with E-state index in [1.54, 1.807) is 36.0 Å². The van der Waals surface area contributed by atoms with E-state index in [1.165, 1.54) is 7.11 Å². The number of nitrogens with one attached hydrogen (secondary N) is 1. The van der Waals surface area contributed by atoms with Crippen molar-refractivity contribution in [3.63, 3.8) is 0 Å². The van der Waals surface area contributed by atoms with E-state index >= 15 is 0 Å². The van der Waals surface area contributed by atoms with Gasteiger partial charge in [-0.15, -0.1) is 0 Å². The fourth-order valence-electron chi connectivity index (χ4n) is 2.69. The van der Waals surface area contributed by atoms with Gasteiger partial charge in [-0.25, -0.2) is 9.67 Å². The van der Waals surface area contributed by atoms with Crippen LogP contribution < -0.4 is 10.1 Å². The lowest BCUT2D eigenvalue weighted by Gasteiger charge is -2.04. The van der Waals surface area contributed by atoms with Crippen LogP contribution in [0.4, 0.5) is 5.69 Å². The highest BCUT2D eigenvalue weighted by Crippen LogP contribution is 2.23. The molecule has 130 valence electrons. The SMILES string of the molecule is COc1cn(-c2ccccc2)nc1C(=O)Nc1ccc2nc(C)oc2c1. The molecule has 0 aliphatic carbocycles. The molecule has 4 aromatic rings. The van der Waals surface area contributed by atoms with Crippen molar-refractivity contribution in [3.05, 3.63) is 66.3 Å². The van der Waals surface area contributed by atoms with Crippen LogP contribution in [-0.2, 0) is 0 Å². The third-order valence-electron chi connectivity index (χ3n) is 3.89. The van der Waals surface area contributed by atoms with E-state index in [0.717, 1.165) is 11.2 Å². The van der Waals surface area contributed by atoms with Crippen molar-refractivity contribution in [1.29, 1.82) is 0 Å². The normalized spacial score (nSPS) is 10.8. The first-order valence-electron chi connectivity index (χ1n) is 8.01. The number of ether oxygens (including phenoxy) is 1. The molecule has 2 aromatic heterocycles. The van der Waals surface area contributed by atoms with Crippen LogP contribution in [0.15, 0.2) is 59.1 Å². The number of methoxy groups -OCH3 is 1.